The Bertz CT molecular complexity index is 522. The lowest BCUT2D eigenvalue weighted by Crippen LogP contribution is -2.32. The van der Waals surface area contributed by atoms with E-state index in [2.05, 4.69) is 0 Å². The number of thiophene rings is 1. The second-order valence-electron chi connectivity index (χ2n) is 4.47. The normalized spacial score (nSPS) is 20.2. The van der Waals surface area contributed by atoms with Gasteiger partial charge in [-0.1, -0.05) is 0 Å². The topological polar surface area (TPSA) is 33.5 Å². The van der Waals surface area contributed by atoms with Crippen molar-refractivity contribution in [1.82, 2.24) is 4.90 Å². The van der Waals surface area contributed by atoms with Gasteiger partial charge in [0.25, 0.3) is 5.91 Å². The first kappa shape index (κ1) is 12.8. The Kier molecular flexibility index (Phi) is 3.94. The van der Waals surface area contributed by atoms with Crippen LogP contribution in [-0.2, 0) is 0 Å². The fourth-order valence-corrected chi connectivity index (χ4v) is 4.05. The summed E-state index contributed by atoms with van der Waals surface area (Å²) in [6, 6.07) is 5.85. The first-order valence-electron chi connectivity index (χ1n) is 6.31. The van der Waals surface area contributed by atoms with Gasteiger partial charge in [-0.2, -0.15) is 11.3 Å². The maximum Gasteiger partial charge on any atom is 0.254 e. The largest absolute Gasteiger partial charge is 0.468 e. The Morgan fingerprint density at radius 1 is 1.37 bits per heavy atom. The molecule has 3 rings (SSSR count). The molecule has 0 saturated carbocycles. The minimum Gasteiger partial charge on any atom is -0.468 e. The fraction of sp³-hybridized carbons (Fsp3) is 0.357. The van der Waals surface area contributed by atoms with Crippen LogP contribution in [0, 0.1) is 0 Å². The summed E-state index contributed by atoms with van der Waals surface area (Å²) in [5.41, 5.74) is 0.812. The van der Waals surface area contributed by atoms with Crippen LogP contribution in [0.3, 0.4) is 0 Å². The van der Waals surface area contributed by atoms with Crippen LogP contribution in [0.2, 0.25) is 0 Å². The summed E-state index contributed by atoms with van der Waals surface area (Å²) in [6.45, 7) is 1.61. The van der Waals surface area contributed by atoms with Crippen LogP contribution in [0.5, 0.6) is 0 Å². The Morgan fingerprint density at radius 2 is 2.32 bits per heavy atom. The van der Waals surface area contributed by atoms with Gasteiger partial charge >= 0.3 is 0 Å². The maximum absolute atomic E-state index is 12.3. The highest BCUT2D eigenvalue weighted by Gasteiger charge is 2.24. The third-order valence-electron chi connectivity index (χ3n) is 3.26. The average Bonchev–Trinajstić information content (AvgIpc) is 3.08. The lowest BCUT2D eigenvalue weighted by atomic mass is 10.2. The minimum absolute atomic E-state index is 0.155. The fourth-order valence-electron chi connectivity index (χ4n) is 2.24. The number of furan rings is 1. The molecule has 3 nitrogen and oxygen atoms in total. The van der Waals surface area contributed by atoms with Crippen molar-refractivity contribution in [1.29, 1.82) is 0 Å². The molecule has 2 aromatic heterocycles. The summed E-state index contributed by atoms with van der Waals surface area (Å²) < 4.78 is 5.47. The Labute approximate surface area is 120 Å². The summed E-state index contributed by atoms with van der Waals surface area (Å²) in [4.78, 5) is 14.3. The zero-order valence-corrected chi connectivity index (χ0v) is 12.1. The number of carbonyl (C=O) groups is 1. The molecule has 1 fully saturated rings. The van der Waals surface area contributed by atoms with E-state index in [1.54, 1.807) is 17.6 Å². The second kappa shape index (κ2) is 5.84. The molecule has 5 heteroatoms. The smallest absolute Gasteiger partial charge is 0.254 e. The van der Waals surface area contributed by atoms with Crippen LogP contribution in [0.15, 0.2) is 39.6 Å². The van der Waals surface area contributed by atoms with Gasteiger partial charge in [0.2, 0.25) is 0 Å². The quantitative estimate of drug-likeness (QED) is 0.847. The van der Waals surface area contributed by atoms with E-state index >= 15 is 0 Å². The standard InChI is InChI=1S/C14H15NO2S2/c16-14(11-4-8-18-10-11)15-5-3-13(19-9-6-15)12-2-1-7-17-12/h1-2,4,7-8,10,13H,3,5-6,9H2/t13-/m1/s1. The summed E-state index contributed by atoms with van der Waals surface area (Å²) >= 11 is 3.44. The molecule has 0 spiro atoms. The van der Waals surface area contributed by atoms with E-state index in [0.717, 1.165) is 36.6 Å². The lowest BCUT2D eigenvalue weighted by molar-refractivity contribution is 0.0766. The molecule has 3 heterocycles. The van der Waals surface area contributed by atoms with E-state index in [9.17, 15) is 4.79 Å². The van der Waals surface area contributed by atoms with Crippen molar-refractivity contribution in [3.63, 3.8) is 0 Å². The first-order valence-corrected chi connectivity index (χ1v) is 8.30. The molecule has 2 aromatic rings. The number of hydrogen-bond acceptors (Lipinski definition) is 4. The summed E-state index contributed by atoms with van der Waals surface area (Å²) in [6.07, 6.45) is 2.67. The van der Waals surface area contributed by atoms with Crippen LogP contribution >= 0.6 is 23.1 Å². The molecule has 0 unspecified atom stereocenters. The summed E-state index contributed by atoms with van der Waals surface area (Å²) in [7, 11) is 0. The number of carbonyl (C=O) groups excluding carboxylic acids is 1. The van der Waals surface area contributed by atoms with Crippen molar-refractivity contribution < 1.29 is 9.21 Å². The molecule has 0 radical (unpaired) electrons. The van der Waals surface area contributed by atoms with E-state index in [4.69, 9.17) is 4.42 Å². The number of hydrogen-bond donors (Lipinski definition) is 0. The molecule has 0 N–H and O–H groups in total. The van der Waals surface area contributed by atoms with Gasteiger partial charge in [-0.15, -0.1) is 11.8 Å². The van der Waals surface area contributed by atoms with E-state index < -0.39 is 0 Å². The predicted octanol–water partition coefficient (Wildman–Crippen LogP) is 3.66. The second-order valence-corrected chi connectivity index (χ2v) is 6.56. The third-order valence-corrected chi connectivity index (χ3v) is 5.23. The highest BCUT2D eigenvalue weighted by molar-refractivity contribution is 7.99. The number of rotatable bonds is 2. The molecule has 1 amide bonds. The van der Waals surface area contributed by atoms with E-state index in [1.807, 2.05) is 45.6 Å². The number of nitrogens with zero attached hydrogens (tertiary/aromatic N) is 1. The maximum atomic E-state index is 12.3. The predicted molar refractivity (Wildman–Crippen MR) is 78.7 cm³/mol. The van der Waals surface area contributed by atoms with Gasteiger partial charge in [0.05, 0.1) is 17.1 Å². The van der Waals surface area contributed by atoms with Crippen molar-refractivity contribution >= 4 is 29.0 Å². The molecule has 1 aliphatic rings. The molecular weight excluding hydrogens is 278 g/mol. The SMILES string of the molecule is O=C(c1ccsc1)N1CCS[C@@H](c2ccco2)CC1. The minimum atomic E-state index is 0.155. The first-order chi connectivity index (χ1) is 9.34. The van der Waals surface area contributed by atoms with Gasteiger partial charge in [0, 0.05) is 24.2 Å². The Morgan fingerprint density at radius 3 is 3.05 bits per heavy atom. The zero-order chi connectivity index (χ0) is 13.1. The van der Waals surface area contributed by atoms with Crippen molar-refractivity contribution in [3.05, 3.63) is 46.5 Å². The van der Waals surface area contributed by atoms with Gasteiger partial charge in [0.1, 0.15) is 5.76 Å². The lowest BCUT2D eigenvalue weighted by Gasteiger charge is -2.19. The van der Waals surface area contributed by atoms with Crippen molar-refractivity contribution in [2.24, 2.45) is 0 Å². The zero-order valence-electron chi connectivity index (χ0n) is 10.5. The molecule has 0 aliphatic carbocycles. The van der Waals surface area contributed by atoms with Crippen LogP contribution in [-0.4, -0.2) is 29.6 Å². The van der Waals surface area contributed by atoms with Gasteiger partial charge in [-0.25, -0.2) is 0 Å². The molecule has 1 saturated heterocycles. The third kappa shape index (κ3) is 2.87. The monoisotopic (exact) mass is 293 g/mol. The van der Waals surface area contributed by atoms with Crippen molar-refractivity contribution in [2.45, 2.75) is 11.7 Å². The summed E-state index contributed by atoms with van der Waals surface area (Å²) in [5.74, 6) is 2.14. The van der Waals surface area contributed by atoms with Crippen LogP contribution in [0.1, 0.15) is 27.8 Å². The number of amides is 1. The average molecular weight is 293 g/mol. The molecule has 0 aromatic carbocycles. The van der Waals surface area contributed by atoms with Gasteiger partial charge in [0.15, 0.2) is 0 Å². The van der Waals surface area contributed by atoms with Crippen molar-refractivity contribution in [2.75, 3.05) is 18.8 Å². The van der Waals surface area contributed by atoms with Gasteiger partial charge in [-0.3, -0.25) is 4.79 Å². The molecule has 19 heavy (non-hydrogen) atoms. The highest BCUT2D eigenvalue weighted by Crippen LogP contribution is 2.34. The van der Waals surface area contributed by atoms with Gasteiger partial charge in [-0.05, 0) is 30.0 Å². The molecular formula is C14H15NO2S2. The van der Waals surface area contributed by atoms with Crippen molar-refractivity contribution in [3.8, 4) is 0 Å². The van der Waals surface area contributed by atoms with Gasteiger partial charge < -0.3 is 9.32 Å². The molecule has 1 atom stereocenters. The van der Waals surface area contributed by atoms with E-state index in [-0.39, 0.29) is 5.91 Å². The van der Waals surface area contributed by atoms with Crippen LogP contribution in [0.4, 0.5) is 0 Å². The van der Waals surface area contributed by atoms with Crippen LogP contribution < -0.4 is 0 Å². The Hall–Kier alpha value is -1.20. The molecule has 1 aliphatic heterocycles. The highest BCUT2D eigenvalue weighted by atomic mass is 32.2. The number of thioether (sulfide) groups is 1. The van der Waals surface area contributed by atoms with E-state index in [0.29, 0.717) is 5.25 Å². The Balaban J connectivity index is 1.66. The van der Waals surface area contributed by atoms with E-state index in [1.165, 1.54) is 0 Å². The van der Waals surface area contributed by atoms with Crippen LogP contribution in [0.25, 0.3) is 0 Å². The summed E-state index contributed by atoms with van der Waals surface area (Å²) in [5, 5.41) is 4.24. The molecule has 100 valence electrons. The molecule has 0 bridgehead atoms.